The van der Waals surface area contributed by atoms with Crippen LogP contribution >= 0.6 is 11.3 Å². The molecular weight excluding hydrogens is 318 g/mol. The molecule has 0 amide bonds. The zero-order valence-corrected chi connectivity index (χ0v) is 15.7. The maximum absolute atomic E-state index is 5.65. The molecule has 3 nitrogen and oxygen atoms in total. The number of nitrogens with zero attached hydrogens (tertiary/aromatic N) is 1. The van der Waals surface area contributed by atoms with Crippen LogP contribution in [0.4, 0.5) is 0 Å². The van der Waals surface area contributed by atoms with Crippen LogP contribution in [0.1, 0.15) is 34.8 Å². The zero-order valence-electron chi connectivity index (χ0n) is 14.9. The van der Waals surface area contributed by atoms with Gasteiger partial charge in [-0.3, -0.25) is 0 Å². The molecule has 0 spiro atoms. The van der Waals surface area contributed by atoms with Gasteiger partial charge in [-0.2, -0.15) is 0 Å². The van der Waals surface area contributed by atoms with E-state index in [9.17, 15) is 0 Å². The standard InChI is InChI=1S/C20H27NO2S/c1-21(12-11-16-7-5-13-24-16)14-15-6-4-8-18-17(15)9-10-19(22-2)20(18)23-3/h5,7,9-10,13,15H,4,6,8,11-12,14H2,1-3H3. The third-order valence-electron chi connectivity index (χ3n) is 4.96. The van der Waals surface area contributed by atoms with Crippen LogP contribution in [0.2, 0.25) is 0 Å². The van der Waals surface area contributed by atoms with Crippen molar-refractivity contribution < 1.29 is 9.47 Å². The highest BCUT2D eigenvalue weighted by Gasteiger charge is 2.25. The molecule has 0 saturated carbocycles. The molecule has 0 radical (unpaired) electrons. The summed E-state index contributed by atoms with van der Waals surface area (Å²) in [4.78, 5) is 3.94. The average Bonchev–Trinajstić information content (AvgIpc) is 3.12. The molecule has 0 aliphatic heterocycles. The van der Waals surface area contributed by atoms with Gasteiger partial charge in [-0.05, 0) is 61.7 Å². The van der Waals surface area contributed by atoms with Crippen molar-refractivity contribution in [2.75, 3.05) is 34.4 Å². The Morgan fingerprint density at radius 3 is 2.79 bits per heavy atom. The van der Waals surface area contributed by atoms with Crippen molar-refractivity contribution in [1.29, 1.82) is 0 Å². The summed E-state index contributed by atoms with van der Waals surface area (Å²) in [5, 5.41) is 2.16. The molecule has 1 aliphatic carbocycles. The van der Waals surface area contributed by atoms with E-state index in [1.54, 1.807) is 14.2 Å². The first-order valence-electron chi connectivity index (χ1n) is 8.67. The predicted molar refractivity (Wildman–Crippen MR) is 101 cm³/mol. The second kappa shape index (κ2) is 8.04. The Morgan fingerprint density at radius 2 is 2.08 bits per heavy atom. The van der Waals surface area contributed by atoms with Crippen LogP contribution < -0.4 is 9.47 Å². The lowest BCUT2D eigenvalue weighted by Crippen LogP contribution is -2.28. The highest BCUT2D eigenvalue weighted by molar-refractivity contribution is 7.09. The van der Waals surface area contributed by atoms with Crippen LogP contribution in [0.25, 0.3) is 0 Å². The topological polar surface area (TPSA) is 21.7 Å². The first-order chi connectivity index (χ1) is 11.7. The summed E-state index contributed by atoms with van der Waals surface area (Å²) in [7, 11) is 5.69. The molecule has 1 atom stereocenters. The largest absolute Gasteiger partial charge is 0.493 e. The molecule has 24 heavy (non-hydrogen) atoms. The van der Waals surface area contributed by atoms with E-state index in [0.29, 0.717) is 5.92 Å². The van der Waals surface area contributed by atoms with Gasteiger partial charge in [0, 0.05) is 23.5 Å². The smallest absolute Gasteiger partial charge is 0.164 e. The normalized spacial score (nSPS) is 16.9. The summed E-state index contributed by atoms with van der Waals surface area (Å²) in [5.74, 6) is 2.37. The van der Waals surface area contributed by atoms with Crippen molar-refractivity contribution in [1.82, 2.24) is 4.90 Å². The molecule has 1 heterocycles. The number of ether oxygens (including phenoxy) is 2. The van der Waals surface area contributed by atoms with E-state index in [-0.39, 0.29) is 0 Å². The van der Waals surface area contributed by atoms with Crippen molar-refractivity contribution in [3.8, 4) is 11.5 Å². The Labute approximate surface area is 149 Å². The Hall–Kier alpha value is -1.52. The van der Waals surface area contributed by atoms with E-state index in [1.807, 2.05) is 11.3 Å². The van der Waals surface area contributed by atoms with Gasteiger partial charge in [0.05, 0.1) is 14.2 Å². The number of methoxy groups -OCH3 is 2. The fourth-order valence-corrected chi connectivity index (χ4v) is 4.44. The van der Waals surface area contributed by atoms with E-state index in [2.05, 4.69) is 41.6 Å². The van der Waals surface area contributed by atoms with Crippen LogP contribution in [-0.4, -0.2) is 39.3 Å². The lowest BCUT2D eigenvalue weighted by molar-refractivity contribution is 0.298. The number of fused-ring (bicyclic) bond motifs is 1. The fourth-order valence-electron chi connectivity index (χ4n) is 3.74. The molecule has 1 aromatic heterocycles. The van der Waals surface area contributed by atoms with Crippen molar-refractivity contribution >= 4 is 11.3 Å². The lowest BCUT2D eigenvalue weighted by Gasteiger charge is -2.30. The summed E-state index contributed by atoms with van der Waals surface area (Å²) in [6.45, 7) is 2.22. The van der Waals surface area contributed by atoms with E-state index in [4.69, 9.17) is 9.47 Å². The third kappa shape index (κ3) is 3.76. The molecule has 0 N–H and O–H groups in total. The van der Waals surface area contributed by atoms with Gasteiger partial charge in [-0.15, -0.1) is 11.3 Å². The quantitative estimate of drug-likeness (QED) is 0.744. The minimum absolute atomic E-state index is 0.585. The van der Waals surface area contributed by atoms with Gasteiger partial charge in [0.1, 0.15) is 0 Å². The first kappa shape index (κ1) is 17.3. The third-order valence-corrected chi connectivity index (χ3v) is 5.89. The maximum Gasteiger partial charge on any atom is 0.164 e. The SMILES string of the molecule is COc1ccc2c(c1OC)CCCC2CN(C)CCc1cccs1. The molecule has 0 fully saturated rings. The van der Waals surface area contributed by atoms with Gasteiger partial charge in [-0.1, -0.05) is 12.1 Å². The summed E-state index contributed by atoms with van der Waals surface area (Å²) in [5.41, 5.74) is 2.79. The summed E-state index contributed by atoms with van der Waals surface area (Å²) in [6, 6.07) is 8.66. The summed E-state index contributed by atoms with van der Waals surface area (Å²) in [6.07, 6.45) is 4.70. The molecular formula is C20H27NO2S. The molecule has 4 heteroatoms. The minimum atomic E-state index is 0.585. The van der Waals surface area contributed by atoms with E-state index in [0.717, 1.165) is 37.4 Å². The number of thiophene rings is 1. The van der Waals surface area contributed by atoms with Crippen LogP contribution in [0.5, 0.6) is 11.5 Å². The molecule has 130 valence electrons. The van der Waals surface area contributed by atoms with Gasteiger partial charge in [0.15, 0.2) is 11.5 Å². The number of likely N-dealkylation sites (N-methyl/N-ethyl adjacent to an activating group) is 1. The van der Waals surface area contributed by atoms with Crippen molar-refractivity contribution in [2.24, 2.45) is 0 Å². The Morgan fingerprint density at radius 1 is 1.21 bits per heavy atom. The summed E-state index contributed by atoms with van der Waals surface area (Å²) < 4.78 is 11.1. The van der Waals surface area contributed by atoms with Crippen molar-refractivity contribution in [2.45, 2.75) is 31.6 Å². The minimum Gasteiger partial charge on any atom is -0.493 e. The molecule has 3 rings (SSSR count). The zero-order chi connectivity index (χ0) is 16.9. The van der Waals surface area contributed by atoms with E-state index < -0.39 is 0 Å². The average molecular weight is 346 g/mol. The van der Waals surface area contributed by atoms with Crippen LogP contribution in [0.15, 0.2) is 29.6 Å². The van der Waals surface area contributed by atoms with Gasteiger partial charge in [0.25, 0.3) is 0 Å². The highest BCUT2D eigenvalue weighted by atomic mass is 32.1. The Balaban J connectivity index is 1.70. The molecule has 1 aromatic carbocycles. The molecule has 0 saturated heterocycles. The van der Waals surface area contributed by atoms with E-state index in [1.165, 1.54) is 28.8 Å². The number of rotatable bonds is 7. The Bertz CT molecular complexity index is 654. The predicted octanol–water partition coefficient (Wildman–Crippen LogP) is 4.36. The monoisotopic (exact) mass is 345 g/mol. The molecule has 1 unspecified atom stereocenters. The number of hydrogen-bond donors (Lipinski definition) is 0. The van der Waals surface area contributed by atoms with Gasteiger partial charge in [0.2, 0.25) is 0 Å². The molecule has 2 aromatic rings. The van der Waals surface area contributed by atoms with Gasteiger partial charge < -0.3 is 14.4 Å². The van der Waals surface area contributed by atoms with Gasteiger partial charge in [-0.25, -0.2) is 0 Å². The van der Waals surface area contributed by atoms with E-state index >= 15 is 0 Å². The second-order valence-electron chi connectivity index (χ2n) is 6.55. The van der Waals surface area contributed by atoms with Crippen LogP contribution in [-0.2, 0) is 12.8 Å². The van der Waals surface area contributed by atoms with Crippen molar-refractivity contribution in [3.63, 3.8) is 0 Å². The fraction of sp³-hybridized carbons (Fsp3) is 0.500. The van der Waals surface area contributed by atoms with Crippen LogP contribution in [0, 0.1) is 0 Å². The molecule has 0 bridgehead atoms. The van der Waals surface area contributed by atoms with Gasteiger partial charge >= 0.3 is 0 Å². The molecule has 1 aliphatic rings. The first-order valence-corrected chi connectivity index (χ1v) is 9.55. The van der Waals surface area contributed by atoms with Crippen molar-refractivity contribution in [3.05, 3.63) is 45.6 Å². The summed E-state index contributed by atoms with van der Waals surface area (Å²) >= 11 is 1.85. The number of benzene rings is 1. The Kier molecular flexibility index (Phi) is 5.80. The van der Waals surface area contributed by atoms with Crippen LogP contribution in [0.3, 0.4) is 0 Å². The lowest BCUT2D eigenvalue weighted by atomic mass is 9.82. The highest BCUT2D eigenvalue weighted by Crippen LogP contribution is 2.41. The second-order valence-corrected chi connectivity index (χ2v) is 7.58. The number of hydrogen-bond acceptors (Lipinski definition) is 4. The maximum atomic E-state index is 5.65.